The summed E-state index contributed by atoms with van der Waals surface area (Å²) >= 11 is 0. The third-order valence-electron chi connectivity index (χ3n) is 5.75. The molecule has 3 atom stereocenters. The summed E-state index contributed by atoms with van der Waals surface area (Å²) in [6.45, 7) is 5.35. The van der Waals surface area contributed by atoms with Gasteiger partial charge in [0, 0.05) is 51.3 Å². The fourth-order valence-electron chi connectivity index (χ4n) is 3.72. The van der Waals surface area contributed by atoms with Crippen molar-refractivity contribution in [1.82, 2.24) is 9.80 Å². The molecule has 2 rings (SSSR count). The zero-order chi connectivity index (χ0) is 24.4. The van der Waals surface area contributed by atoms with Crippen LogP contribution in [-0.2, 0) is 16.1 Å². The maximum Gasteiger partial charge on any atom is 0.253 e. The molecule has 0 spiro atoms. The van der Waals surface area contributed by atoms with Crippen molar-refractivity contribution >= 4 is 24.2 Å². The van der Waals surface area contributed by atoms with Crippen LogP contribution in [0.5, 0.6) is 0 Å². The highest BCUT2D eigenvalue weighted by Gasteiger charge is 2.29. The van der Waals surface area contributed by atoms with Gasteiger partial charge in [0.2, 0.25) is 5.91 Å². The lowest BCUT2D eigenvalue weighted by Gasteiger charge is -2.32. The Morgan fingerprint density at radius 2 is 1.68 bits per heavy atom. The van der Waals surface area contributed by atoms with Gasteiger partial charge in [-0.3, -0.25) is 9.59 Å². The number of ether oxygens (including phenoxy) is 1. The Morgan fingerprint density at radius 3 is 2.29 bits per heavy atom. The minimum absolute atomic E-state index is 0. The van der Waals surface area contributed by atoms with Crippen LogP contribution < -0.4 is 5.73 Å². The van der Waals surface area contributed by atoms with Crippen molar-refractivity contribution in [3.63, 3.8) is 0 Å². The van der Waals surface area contributed by atoms with E-state index in [9.17, 15) is 24.9 Å². The molecule has 1 fully saturated rings. The van der Waals surface area contributed by atoms with Crippen LogP contribution in [0.2, 0.25) is 0 Å². The summed E-state index contributed by atoms with van der Waals surface area (Å²) in [5.74, 6) is -0.196. The molecular weight excluding hydrogens is 462 g/mol. The molecule has 5 N–H and O–H groups in total. The van der Waals surface area contributed by atoms with Gasteiger partial charge in [-0.15, -0.1) is 12.4 Å². The molecule has 0 bridgehead atoms. The van der Waals surface area contributed by atoms with Crippen LogP contribution >= 0.6 is 12.4 Å². The number of nitrogens with two attached hydrogens (primary N) is 1. The second-order valence-electron chi connectivity index (χ2n) is 9.04. The summed E-state index contributed by atoms with van der Waals surface area (Å²) < 4.78 is 5.43. The van der Waals surface area contributed by atoms with Crippen LogP contribution in [0.15, 0.2) is 24.3 Å². The molecule has 2 amide bonds. The average Bonchev–Trinajstić information content (AvgIpc) is 2.79. The SMILES string of the molecule is CC(C)CC(=O)N1CCN(C(=O)c2ccc(CN)cc2)CCCCOC[C@@H](O)[C@H](O)[C@@H](O)C1.Cl. The van der Waals surface area contributed by atoms with Gasteiger partial charge >= 0.3 is 0 Å². The number of carbonyl (C=O) groups is 2. The fraction of sp³-hybridized carbons (Fsp3) is 0.667. The Bertz CT molecular complexity index is 749. The molecule has 0 unspecified atom stereocenters. The smallest absolute Gasteiger partial charge is 0.253 e. The molecule has 34 heavy (non-hydrogen) atoms. The Balaban J connectivity index is 0.00000578. The molecule has 1 aromatic carbocycles. The molecule has 1 saturated heterocycles. The fourth-order valence-corrected chi connectivity index (χ4v) is 3.72. The monoisotopic (exact) mass is 501 g/mol. The summed E-state index contributed by atoms with van der Waals surface area (Å²) in [6, 6.07) is 7.16. The first-order valence-corrected chi connectivity index (χ1v) is 11.7. The van der Waals surface area contributed by atoms with Gasteiger partial charge in [-0.05, 0) is 36.5 Å². The molecule has 10 heteroatoms. The molecule has 1 aliphatic rings. The quantitative estimate of drug-likeness (QED) is 0.478. The predicted molar refractivity (Wildman–Crippen MR) is 132 cm³/mol. The maximum atomic E-state index is 13.2. The van der Waals surface area contributed by atoms with Crippen molar-refractivity contribution in [2.45, 2.75) is 58.0 Å². The maximum absolute atomic E-state index is 13.2. The summed E-state index contributed by atoms with van der Waals surface area (Å²) in [5.41, 5.74) is 7.13. The number of carbonyl (C=O) groups excluding carboxylic acids is 2. The lowest BCUT2D eigenvalue weighted by molar-refractivity contribution is -0.137. The number of aliphatic hydroxyl groups excluding tert-OH is 3. The van der Waals surface area contributed by atoms with Crippen LogP contribution in [0, 0.1) is 5.92 Å². The lowest BCUT2D eigenvalue weighted by Crippen LogP contribution is -2.50. The summed E-state index contributed by atoms with van der Waals surface area (Å²) in [7, 11) is 0. The highest BCUT2D eigenvalue weighted by Crippen LogP contribution is 2.13. The Morgan fingerprint density at radius 1 is 1.03 bits per heavy atom. The minimum Gasteiger partial charge on any atom is -0.388 e. The number of halogens is 1. The van der Waals surface area contributed by atoms with Crippen molar-refractivity contribution < 1.29 is 29.6 Å². The van der Waals surface area contributed by atoms with Gasteiger partial charge in [-0.25, -0.2) is 0 Å². The second-order valence-corrected chi connectivity index (χ2v) is 9.04. The molecule has 0 aliphatic carbocycles. The van der Waals surface area contributed by atoms with E-state index in [4.69, 9.17) is 10.5 Å². The van der Waals surface area contributed by atoms with Gasteiger partial charge in [-0.1, -0.05) is 26.0 Å². The number of β-amino-alcohol motifs (C(OH)–C–C–N with tert-alkyl or cyclic N) is 1. The van der Waals surface area contributed by atoms with Crippen molar-refractivity contribution in [3.05, 3.63) is 35.4 Å². The van der Waals surface area contributed by atoms with Crippen LogP contribution in [0.4, 0.5) is 0 Å². The number of rotatable bonds is 4. The molecule has 0 radical (unpaired) electrons. The Hall–Kier alpha value is -1.75. The van der Waals surface area contributed by atoms with E-state index in [1.807, 2.05) is 26.0 Å². The zero-order valence-electron chi connectivity index (χ0n) is 20.1. The number of hydrogen-bond donors (Lipinski definition) is 4. The molecule has 1 aliphatic heterocycles. The highest BCUT2D eigenvalue weighted by molar-refractivity contribution is 5.94. The molecule has 1 heterocycles. The van der Waals surface area contributed by atoms with E-state index in [0.717, 1.165) is 5.56 Å². The predicted octanol–water partition coefficient (Wildman–Crippen LogP) is 0.777. The number of benzene rings is 1. The first kappa shape index (κ1) is 30.3. The molecule has 0 aromatic heterocycles. The van der Waals surface area contributed by atoms with Gasteiger partial charge in [0.1, 0.15) is 18.3 Å². The van der Waals surface area contributed by atoms with E-state index in [1.54, 1.807) is 17.0 Å². The zero-order valence-corrected chi connectivity index (χ0v) is 21.0. The topological polar surface area (TPSA) is 137 Å². The van der Waals surface area contributed by atoms with E-state index in [1.165, 1.54) is 4.90 Å². The third-order valence-corrected chi connectivity index (χ3v) is 5.75. The average molecular weight is 502 g/mol. The number of amides is 2. The minimum atomic E-state index is -1.44. The van der Waals surface area contributed by atoms with E-state index >= 15 is 0 Å². The van der Waals surface area contributed by atoms with E-state index in [2.05, 4.69) is 0 Å². The highest BCUT2D eigenvalue weighted by atomic mass is 35.5. The molecule has 1 aromatic rings. The molecule has 0 saturated carbocycles. The van der Waals surface area contributed by atoms with Crippen molar-refractivity contribution in [3.8, 4) is 0 Å². The van der Waals surface area contributed by atoms with E-state index in [-0.39, 0.29) is 62.8 Å². The number of nitrogens with zero attached hydrogens (tertiary/aromatic N) is 2. The van der Waals surface area contributed by atoms with Crippen LogP contribution in [0.1, 0.15) is 49.0 Å². The number of aliphatic hydroxyl groups is 3. The van der Waals surface area contributed by atoms with E-state index in [0.29, 0.717) is 38.1 Å². The largest absolute Gasteiger partial charge is 0.388 e. The van der Waals surface area contributed by atoms with Crippen molar-refractivity contribution in [2.24, 2.45) is 11.7 Å². The molecule has 194 valence electrons. The molecule has 9 nitrogen and oxygen atoms in total. The van der Waals surface area contributed by atoms with Crippen LogP contribution in [0.25, 0.3) is 0 Å². The van der Waals surface area contributed by atoms with E-state index < -0.39 is 18.3 Å². The van der Waals surface area contributed by atoms with Gasteiger partial charge in [0.05, 0.1) is 6.61 Å². The van der Waals surface area contributed by atoms with Crippen LogP contribution in [0.3, 0.4) is 0 Å². The van der Waals surface area contributed by atoms with Gasteiger partial charge in [-0.2, -0.15) is 0 Å². The number of hydrogen-bond acceptors (Lipinski definition) is 7. The van der Waals surface area contributed by atoms with Gasteiger partial charge < -0.3 is 35.6 Å². The normalized spacial score (nSPS) is 23.2. The molecular formula is C24H40ClN3O6. The van der Waals surface area contributed by atoms with Crippen LogP contribution in [-0.4, -0.2) is 94.6 Å². The van der Waals surface area contributed by atoms with Crippen molar-refractivity contribution in [1.29, 1.82) is 0 Å². The van der Waals surface area contributed by atoms with Gasteiger partial charge in [0.25, 0.3) is 5.91 Å². The Labute approximate surface area is 208 Å². The first-order chi connectivity index (χ1) is 15.7. The summed E-state index contributed by atoms with van der Waals surface area (Å²) in [6.07, 6.45) is -2.40. The second kappa shape index (κ2) is 15.3. The summed E-state index contributed by atoms with van der Waals surface area (Å²) in [4.78, 5) is 29.2. The van der Waals surface area contributed by atoms with Crippen molar-refractivity contribution in [2.75, 3.05) is 39.4 Å². The standard InChI is InChI=1S/C24H39N3O6.ClH/c1-17(2)13-22(30)27-11-10-26(24(32)19-7-5-18(14-25)6-8-19)9-3-4-12-33-16-21(29)23(31)20(28)15-27;/h5-8,17,20-21,23,28-29,31H,3-4,9-16,25H2,1-2H3;1H/t20-,21+,23+;/m0./s1. The first-order valence-electron chi connectivity index (χ1n) is 11.7. The lowest BCUT2D eigenvalue weighted by atomic mass is 10.1. The Kier molecular flexibility index (Phi) is 13.6. The third kappa shape index (κ3) is 9.48. The van der Waals surface area contributed by atoms with Gasteiger partial charge in [0.15, 0.2) is 0 Å². The summed E-state index contributed by atoms with van der Waals surface area (Å²) in [5, 5.41) is 30.8.